The van der Waals surface area contributed by atoms with E-state index in [2.05, 4.69) is 0 Å². The van der Waals surface area contributed by atoms with Crippen LogP contribution in [0.25, 0.3) is 22.1 Å². The van der Waals surface area contributed by atoms with E-state index in [1.807, 2.05) is 0 Å². The van der Waals surface area contributed by atoms with Crippen molar-refractivity contribution in [3.05, 3.63) is 59.0 Å². The van der Waals surface area contributed by atoms with Crippen LogP contribution in [0, 0.1) is 0 Å². The first-order valence-corrected chi connectivity index (χ1v) is 7.39. The molecule has 1 amide bonds. The lowest BCUT2D eigenvalue weighted by molar-refractivity contribution is -0.167. The van der Waals surface area contributed by atoms with Crippen molar-refractivity contribution in [2.75, 3.05) is 12.4 Å². The van der Waals surface area contributed by atoms with Gasteiger partial charge in [0.1, 0.15) is 11.3 Å². The number of alkyl halides is 3. The van der Waals surface area contributed by atoms with E-state index >= 15 is 0 Å². The summed E-state index contributed by atoms with van der Waals surface area (Å²) < 4.78 is 48.0. The first-order valence-electron chi connectivity index (χ1n) is 7.39. The predicted molar refractivity (Wildman–Crippen MR) is 89.2 cm³/mol. The fourth-order valence-electron chi connectivity index (χ4n) is 2.43. The highest BCUT2D eigenvalue weighted by atomic mass is 19.4. The van der Waals surface area contributed by atoms with Crippen LogP contribution < -0.4 is 15.7 Å². The standard InChI is InChI=1S/C18H12F3NO4/c1-25-11-6-7-12(14(9-11)22-17(24)18(19,20)21)13-8-10-4-2-3-5-15(10)26-16(13)23/h2-9H,1H3,(H,22,24). The van der Waals surface area contributed by atoms with Crippen LogP contribution >= 0.6 is 0 Å². The minimum atomic E-state index is -5.07. The van der Waals surface area contributed by atoms with Gasteiger partial charge in [-0.2, -0.15) is 13.2 Å². The number of nitrogens with one attached hydrogen (secondary N) is 1. The van der Waals surface area contributed by atoms with E-state index < -0.39 is 17.7 Å². The maximum atomic E-state index is 12.6. The molecule has 1 heterocycles. The lowest BCUT2D eigenvalue weighted by Crippen LogP contribution is -2.30. The molecule has 0 atom stereocenters. The monoisotopic (exact) mass is 363 g/mol. The first kappa shape index (κ1) is 17.5. The summed E-state index contributed by atoms with van der Waals surface area (Å²) in [6, 6.07) is 12.2. The quantitative estimate of drug-likeness (QED) is 0.715. The Hall–Kier alpha value is -3.29. The van der Waals surface area contributed by atoms with Gasteiger partial charge in [-0.05, 0) is 24.3 Å². The van der Waals surface area contributed by atoms with Gasteiger partial charge in [0.05, 0.1) is 18.4 Å². The number of hydrogen-bond donors (Lipinski definition) is 1. The van der Waals surface area contributed by atoms with Crippen molar-refractivity contribution in [2.24, 2.45) is 0 Å². The number of carbonyl (C=O) groups is 1. The van der Waals surface area contributed by atoms with E-state index in [9.17, 15) is 22.8 Å². The first-order chi connectivity index (χ1) is 12.3. The summed E-state index contributed by atoms with van der Waals surface area (Å²) in [5, 5.41) is 2.36. The summed E-state index contributed by atoms with van der Waals surface area (Å²) in [6.07, 6.45) is -5.07. The third-order valence-electron chi connectivity index (χ3n) is 3.66. The molecular formula is C18H12F3NO4. The average molecular weight is 363 g/mol. The zero-order valence-electron chi connectivity index (χ0n) is 13.4. The van der Waals surface area contributed by atoms with E-state index in [1.165, 1.54) is 31.4 Å². The number of rotatable bonds is 3. The summed E-state index contributed by atoms with van der Waals surface area (Å²) in [5.74, 6) is -1.94. The topological polar surface area (TPSA) is 68.5 Å². The number of anilines is 1. The van der Waals surface area contributed by atoms with Crippen molar-refractivity contribution in [3.63, 3.8) is 0 Å². The molecule has 0 saturated heterocycles. The second kappa shape index (κ2) is 6.55. The summed E-state index contributed by atoms with van der Waals surface area (Å²) >= 11 is 0. The van der Waals surface area contributed by atoms with Crippen LogP contribution in [-0.4, -0.2) is 19.2 Å². The van der Waals surface area contributed by atoms with Gasteiger partial charge in [-0.1, -0.05) is 18.2 Å². The Morgan fingerprint density at radius 2 is 1.81 bits per heavy atom. The van der Waals surface area contributed by atoms with Crippen LogP contribution in [-0.2, 0) is 4.79 Å². The summed E-state index contributed by atoms with van der Waals surface area (Å²) in [4.78, 5) is 23.6. The van der Waals surface area contributed by atoms with Gasteiger partial charge in [-0.3, -0.25) is 4.79 Å². The van der Waals surface area contributed by atoms with Gasteiger partial charge in [0.25, 0.3) is 0 Å². The van der Waals surface area contributed by atoms with Crippen molar-refractivity contribution in [1.82, 2.24) is 0 Å². The summed E-state index contributed by atoms with van der Waals surface area (Å²) in [6.45, 7) is 0. The van der Waals surface area contributed by atoms with Crippen LogP contribution in [0.5, 0.6) is 5.75 Å². The maximum Gasteiger partial charge on any atom is 0.471 e. The largest absolute Gasteiger partial charge is 0.497 e. The Morgan fingerprint density at radius 3 is 2.50 bits per heavy atom. The van der Waals surface area contributed by atoms with Crippen molar-refractivity contribution in [3.8, 4) is 16.9 Å². The van der Waals surface area contributed by atoms with E-state index in [0.29, 0.717) is 11.0 Å². The molecule has 0 bridgehead atoms. The lowest BCUT2D eigenvalue weighted by atomic mass is 10.0. The molecule has 0 unspecified atom stereocenters. The van der Waals surface area contributed by atoms with E-state index in [-0.39, 0.29) is 22.6 Å². The molecule has 3 aromatic rings. The molecule has 0 spiro atoms. The number of carbonyl (C=O) groups excluding carboxylic acids is 1. The smallest absolute Gasteiger partial charge is 0.471 e. The van der Waals surface area contributed by atoms with Gasteiger partial charge < -0.3 is 14.5 Å². The van der Waals surface area contributed by atoms with Crippen LogP contribution in [0.15, 0.2) is 57.7 Å². The molecule has 0 aliphatic rings. The SMILES string of the molecule is COc1ccc(-c2cc3ccccc3oc2=O)c(NC(=O)C(F)(F)F)c1. The zero-order valence-corrected chi connectivity index (χ0v) is 13.4. The molecule has 8 heteroatoms. The van der Waals surface area contributed by atoms with Crippen molar-refractivity contribution >= 4 is 22.6 Å². The van der Waals surface area contributed by atoms with Gasteiger partial charge in [0.2, 0.25) is 0 Å². The second-order valence-electron chi connectivity index (χ2n) is 5.35. The fourth-order valence-corrected chi connectivity index (χ4v) is 2.43. The Kier molecular flexibility index (Phi) is 4.41. The molecule has 0 aliphatic carbocycles. The Morgan fingerprint density at radius 1 is 1.08 bits per heavy atom. The third kappa shape index (κ3) is 3.39. The molecule has 5 nitrogen and oxygen atoms in total. The number of para-hydroxylation sites is 1. The number of methoxy groups -OCH3 is 1. The molecule has 0 radical (unpaired) electrons. The highest BCUT2D eigenvalue weighted by molar-refractivity contribution is 5.99. The average Bonchev–Trinajstić information content (AvgIpc) is 2.60. The van der Waals surface area contributed by atoms with Crippen molar-refractivity contribution in [2.45, 2.75) is 6.18 Å². The van der Waals surface area contributed by atoms with E-state index in [1.54, 1.807) is 29.6 Å². The van der Waals surface area contributed by atoms with Gasteiger partial charge >= 0.3 is 17.7 Å². The van der Waals surface area contributed by atoms with Crippen molar-refractivity contribution in [1.29, 1.82) is 0 Å². The number of halogens is 3. The number of fused-ring (bicyclic) bond motifs is 1. The maximum absolute atomic E-state index is 12.6. The highest BCUT2D eigenvalue weighted by Crippen LogP contribution is 2.32. The van der Waals surface area contributed by atoms with Crippen LogP contribution in [0.3, 0.4) is 0 Å². The molecule has 0 fully saturated rings. The van der Waals surface area contributed by atoms with E-state index in [0.717, 1.165) is 0 Å². The minimum absolute atomic E-state index is 0.0174. The Balaban J connectivity index is 2.17. The Bertz CT molecular complexity index is 1040. The molecule has 26 heavy (non-hydrogen) atoms. The highest BCUT2D eigenvalue weighted by Gasteiger charge is 2.39. The molecule has 3 rings (SSSR count). The molecular weight excluding hydrogens is 351 g/mol. The van der Waals surface area contributed by atoms with Gasteiger partial charge in [0.15, 0.2) is 0 Å². The van der Waals surface area contributed by atoms with Gasteiger partial charge in [-0.15, -0.1) is 0 Å². The van der Waals surface area contributed by atoms with Gasteiger partial charge in [0, 0.05) is 17.0 Å². The molecule has 1 N–H and O–H groups in total. The van der Waals surface area contributed by atoms with Crippen molar-refractivity contribution < 1.29 is 27.1 Å². The lowest BCUT2D eigenvalue weighted by Gasteiger charge is -2.14. The molecule has 2 aromatic carbocycles. The molecule has 0 aliphatic heterocycles. The van der Waals surface area contributed by atoms with Gasteiger partial charge in [-0.25, -0.2) is 4.79 Å². The normalized spacial score (nSPS) is 11.4. The number of hydrogen-bond acceptors (Lipinski definition) is 4. The summed E-state index contributed by atoms with van der Waals surface area (Å²) in [5.41, 5.74) is -0.506. The predicted octanol–water partition coefficient (Wildman–Crippen LogP) is 3.97. The second-order valence-corrected chi connectivity index (χ2v) is 5.35. The summed E-state index contributed by atoms with van der Waals surface area (Å²) in [7, 11) is 1.33. The number of ether oxygens (including phenoxy) is 1. The molecule has 134 valence electrons. The van der Waals surface area contributed by atoms with Crippen LogP contribution in [0.2, 0.25) is 0 Å². The number of benzene rings is 2. The van der Waals surface area contributed by atoms with Crippen LogP contribution in [0.4, 0.5) is 18.9 Å². The molecule has 0 saturated carbocycles. The third-order valence-corrected chi connectivity index (χ3v) is 3.66. The molecule has 1 aromatic heterocycles. The Labute approximate surface area is 145 Å². The number of amides is 1. The fraction of sp³-hybridized carbons (Fsp3) is 0.111. The minimum Gasteiger partial charge on any atom is -0.497 e. The van der Waals surface area contributed by atoms with E-state index in [4.69, 9.17) is 9.15 Å². The van der Waals surface area contributed by atoms with Crippen LogP contribution in [0.1, 0.15) is 0 Å². The zero-order chi connectivity index (χ0) is 18.9.